The number of hydrogen-bond donors (Lipinski definition) is 1. The average molecular weight is 269 g/mol. The molecule has 18 heavy (non-hydrogen) atoms. The van der Waals surface area contributed by atoms with E-state index in [9.17, 15) is 0 Å². The molecule has 1 rings (SSSR count). The molecule has 0 aromatic heterocycles. The molecule has 4 heteroatoms. The molecule has 1 aromatic rings. The summed E-state index contributed by atoms with van der Waals surface area (Å²) < 4.78 is 5.67. The molecule has 0 bridgehead atoms. The highest BCUT2D eigenvalue weighted by molar-refractivity contribution is 6.28. The Hall–Kier alpha value is -1.22. The number of amidine groups is 1. The number of hydrogen-bond acceptors (Lipinski definition) is 2. The number of unbranched alkanes of at least 4 members (excludes halogenated alkanes) is 3. The van der Waals surface area contributed by atoms with Crippen LogP contribution in [0.2, 0.25) is 0 Å². The third kappa shape index (κ3) is 5.92. The fourth-order valence-corrected chi connectivity index (χ4v) is 1.62. The third-order valence-corrected chi connectivity index (χ3v) is 2.77. The summed E-state index contributed by atoms with van der Waals surface area (Å²) in [7, 11) is 0. The molecule has 0 fully saturated rings. The predicted molar refractivity (Wildman–Crippen MR) is 78.1 cm³/mol. The first-order valence-corrected chi connectivity index (χ1v) is 6.91. The first-order chi connectivity index (χ1) is 8.76. The van der Waals surface area contributed by atoms with Crippen LogP contribution in [-0.2, 0) is 0 Å². The maximum Gasteiger partial charge on any atom is 0.121 e. The van der Waals surface area contributed by atoms with Crippen LogP contribution in [0.1, 0.15) is 32.6 Å². The minimum absolute atomic E-state index is 0.238. The summed E-state index contributed by atoms with van der Waals surface area (Å²) in [5.74, 6) is 1.48. The molecular weight excluding hydrogens is 248 g/mol. The Kier molecular flexibility index (Phi) is 7.26. The van der Waals surface area contributed by atoms with Crippen molar-refractivity contribution >= 4 is 23.1 Å². The van der Waals surface area contributed by atoms with Crippen molar-refractivity contribution in [2.75, 3.05) is 12.5 Å². The summed E-state index contributed by atoms with van der Waals surface area (Å²) in [6, 6.07) is 7.58. The van der Waals surface area contributed by atoms with Crippen LogP contribution < -0.4 is 10.5 Å². The molecule has 0 saturated carbocycles. The molecule has 0 spiro atoms. The number of halogens is 1. The van der Waals surface area contributed by atoms with Gasteiger partial charge in [-0.1, -0.05) is 32.3 Å². The largest absolute Gasteiger partial charge is 0.494 e. The van der Waals surface area contributed by atoms with E-state index < -0.39 is 0 Å². The van der Waals surface area contributed by atoms with Crippen LogP contribution >= 0.6 is 11.6 Å². The molecule has 0 unspecified atom stereocenters. The van der Waals surface area contributed by atoms with E-state index in [0.29, 0.717) is 5.84 Å². The fourth-order valence-electron chi connectivity index (χ4n) is 1.56. The Morgan fingerprint density at radius 1 is 1.33 bits per heavy atom. The number of nitrogens with zero attached hydrogens (tertiary/aromatic N) is 1. The van der Waals surface area contributed by atoms with Gasteiger partial charge >= 0.3 is 0 Å². The second-order valence-electron chi connectivity index (χ2n) is 4.14. The van der Waals surface area contributed by atoms with Gasteiger partial charge in [-0.25, -0.2) is 4.99 Å². The average Bonchev–Trinajstić information content (AvgIpc) is 2.39. The summed E-state index contributed by atoms with van der Waals surface area (Å²) in [5.41, 5.74) is 6.36. The molecule has 1 aromatic carbocycles. The fraction of sp³-hybridized carbons (Fsp3) is 0.500. The van der Waals surface area contributed by atoms with E-state index in [4.69, 9.17) is 22.1 Å². The lowest BCUT2D eigenvalue weighted by atomic mass is 10.2. The Balaban J connectivity index is 2.44. The van der Waals surface area contributed by atoms with Gasteiger partial charge < -0.3 is 10.5 Å². The van der Waals surface area contributed by atoms with Gasteiger partial charge in [0.25, 0.3) is 0 Å². The monoisotopic (exact) mass is 268 g/mol. The Bertz CT molecular complexity index is 380. The van der Waals surface area contributed by atoms with Crippen LogP contribution in [0.4, 0.5) is 5.69 Å². The minimum atomic E-state index is 0.238. The molecule has 100 valence electrons. The smallest absolute Gasteiger partial charge is 0.121 e. The number of benzene rings is 1. The zero-order chi connectivity index (χ0) is 13.2. The van der Waals surface area contributed by atoms with E-state index in [0.717, 1.165) is 24.5 Å². The van der Waals surface area contributed by atoms with Crippen molar-refractivity contribution in [1.29, 1.82) is 0 Å². The summed E-state index contributed by atoms with van der Waals surface area (Å²) in [6.07, 6.45) is 4.81. The number of rotatable bonds is 8. The summed E-state index contributed by atoms with van der Waals surface area (Å²) >= 11 is 5.59. The number of aliphatic imine (C=N–C) groups is 1. The van der Waals surface area contributed by atoms with Crippen molar-refractivity contribution in [2.24, 2.45) is 10.7 Å². The Morgan fingerprint density at radius 3 is 2.89 bits per heavy atom. The van der Waals surface area contributed by atoms with Gasteiger partial charge in [-0.2, -0.15) is 0 Å². The second-order valence-corrected chi connectivity index (χ2v) is 4.41. The molecule has 0 aliphatic rings. The maximum absolute atomic E-state index is 5.67. The molecule has 0 aliphatic heterocycles. The van der Waals surface area contributed by atoms with Crippen LogP contribution in [-0.4, -0.2) is 18.3 Å². The highest BCUT2D eigenvalue weighted by Gasteiger charge is 1.97. The van der Waals surface area contributed by atoms with Crippen molar-refractivity contribution in [3.05, 3.63) is 24.3 Å². The normalized spacial score (nSPS) is 11.6. The van der Waals surface area contributed by atoms with Crippen molar-refractivity contribution in [3.63, 3.8) is 0 Å². The Labute approximate surface area is 114 Å². The minimum Gasteiger partial charge on any atom is -0.494 e. The SMILES string of the molecule is CCCCCCOc1cccc(N=C(N)CCl)c1. The van der Waals surface area contributed by atoms with Crippen LogP contribution in [0.5, 0.6) is 5.75 Å². The first-order valence-electron chi connectivity index (χ1n) is 6.38. The van der Waals surface area contributed by atoms with Gasteiger partial charge in [0, 0.05) is 6.07 Å². The molecule has 2 N–H and O–H groups in total. The van der Waals surface area contributed by atoms with Gasteiger partial charge in [0.05, 0.1) is 18.2 Å². The van der Waals surface area contributed by atoms with Crippen LogP contribution in [0.3, 0.4) is 0 Å². The maximum atomic E-state index is 5.67. The van der Waals surface area contributed by atoms with Gasteiger partial charge in [0.1, 0.15) is 11.6 Å². The molecule has 0 heterocycles. The van der Waals surface area contributed by atoms with E-state index >= 15 is 0 Å². The van der Waals surface area contributed by atoms with Gasteiger partial charge in [-0.05, 0) is 18.6 Å². The molecular formula is C14H21ClN2O. The number of ether oxygens (including phenoxy) is 1. The predicted octanol–water partition coefficient (Wildman–Crippen LogP) is 3.87. The molecule has 0 saturated heterocycles. The molecule has 0 aliphatic carbocycles. The van der Waals surface area contributed by atoms with Crippen molar-refractivity contribution in [3.8, 4) is 5.75 Å². The highest BCUT2D eigenvalue weighted by Crippen LogP contribution is 2.20. The summed E-state index contributed by atoms with van der Waals surface area (Å²) in [5, 5.41) is 0. The van der Waals surface area contributed by atoms with E-state index in [1.54, 1.807) is 0 Å². The van der Waals surface area contributed by atoms with Gasteiger partial charge in [0.2, 0.25) is 0 Å². The van der Waals surface area contributed by atoms with Crippen molar-refractivity contribution < 1.29 is 4.74 Å². The van der Waals surface area contributed by atoms with Gasteiger partial charge in [-0.15, -0.1) is 11.6 Å². The van der Waals surface area contributed by atoms with E-state index in [-0.39, 0.29) is 5.88 Å². The van der Waals surface area contributed by atoms with Crippen LogP contribution in [0, 0.1) is 0 Å². The van der Waals surface area contributed by atoms with Crippen LogP contribution in [0.15, 0.2) is 29.3 Å². The Morgan fingerprint density at radius 2 is 2.17 bits per heavy atom. The van der Waals surface area contributed by atoms with Crippen molar-refractivity contribution in [2.45, 2.75) is 32.6 Å². The van der Waals surface area contributed by atoms with Crippen LogP contribution in [0.25, 0.3) is 0 Å². The first kappa shape index (κ1) is 14.8. The van der Waals surface area contributed by atoms with Gasteiger partial charge in [0.15, 0.2) is 0 Å². The number of nitrogens with two attached hydrogens (primary N) is 1. The molecule has 3 nitrogen and oxygen atoms in total. The zero-order valence-electron chi connectivity index (χ0n) is 10.9. The topological polar surface area (TPSA) is 47.6 Å². The van der Waals surface area contributed by atoms with E-state index in [2.05, 4.69) is 11.9 Å². The molecule has 0 amide bonds. The van der Waals surface area contributed by atoms with Crippen molar-refractivity contribution in [1.82, 2.24) is 0 Å². The lowest BCUT2D eigenvalue weighted by Gasteiger charge is -2.06. The number of alkyl halides is 1. The summed E-state index contributed by atoms with van der Waals surface area (Å²) in [6.45, 7) is 2.95. The van der Waals surface area contributed by atoms with E-state index in [1.165, 1.54) is 19.3 Å². The second kappa shape index (κ2) is 8.81. The highest BCUT2D eigenvalue weighted by atomic mass is 35.5. The lowest BCUT2D eigenvalue weighted by molar-refractivity contribution is 0.305. The lowest BCUT2D eigenvalue weighted by Crippen LogP contribution is -2.12. The summed E-state index contributed by atoms with van der Waals surface area (Å²) in [4.78, 5) is 4.18. The third-order valence-electron chi connectivity index (χ3n) is 2.49. The van der Waals surface area contributed by atoms with E-state index in [1.807, 2.05) is 24.3 Å². The standard InChI is InChI=1S/C14H21ClN2O/c1-2-3-4-5-9-18-13-8-6-7-12(10-13)17-14(16)11-15/h6-8,10H,2-5,9,11H2,1H3,(H2,16,17). The quantitative estimate of drug-likeness (QED) is 0.337. The van der Waals surface area contributed by atoms with Gasteiger partial charge in [-0.3, -0.25) is 0 Å². The molecule has 0 radical (unpaired) electrons. The zero-order valence-corrected chi connectivity index (χ0v) is 11.6. The molecule has 0 atom stereocenters.